The first-order valence-corrected chi connectivity index (χ1v) is 7.12. The molecule has 0 amide bonds. The van der Waals surface area contributed by atoms with Gasteiger partial charge < -0.3 is 14.6 Å². The Balaban J connectivity index is 1.64. The first kappa shape index (κ1) is 13.2. The summed E-state index contributed by atoms with van der Waals surface area (Å²) in [7, 11) is 2.15. The molecule has 0 fully saturated rings. The van der Waals surface area contributed by atoms with Crippen LogP contribution in [0.25, 0.3) is 0 Å². The lowest BCUT2D eigenvalue weighted by molar-refractivity contribution is 0.402. The topological polar surface area (TPSA) is 41.3 Å². The minimum absolute atomic E-state index is 0.125. The normalized spacial score (nSPS) is 15.4. The quantitative estimate of drug-likeness (QED) is 0.928. The van der Waals surface area contributed by atoms with Gasteiger partial charge in [-0.1, -0.05) is 12.1 Å². The zero-order chi connectivity index (χ0) is 14.1. The molecule has 1 aromatic carbocycles. The summed E-state index contributed by atoms with van der Waals surface area (Å²) in [6.45, 7) is 5.95. The lowest BCUT2D eigenvalue weighted by atomic mass is 10.1. The molecule has 0 saturated carbocycles. The molecule has 1 aromatic heterocycles. The number of hydrogen-bond acceptors (Lipinski definition) is 4. The maximum atomic E-state index is 5.54. The molecule has 2 aromatic rings. The highest BCUT2D eigenvalue weighted by atomic mass is 16.4. The first-order valence-electron chi connectivity index (χ1n) is 7.12. The Labute approximate surface area is 119 Å². The molecule has 1 atom stereocenters. The van der Waals surface area contributed by atoms with E-state index in [-0.39, 0.29) is 6.04 Å². The highest BCUT2D eigenvalue weighted by Crippen LogP contribution is 2.27. The molecular weight excluding hydrogens is 250 g/mol. The van der Waals surface area contributed by atoms with Crippen LogP contribution in [-0.4, -0.2) is 18.6 Å². The Bertz CT molecular complexity index is 606. The van der Waals surface area contributed by atoms with Gasteiger partial charge >= 0.3 is 0 Å². The van der Waals surface area contributed by atoms with Crippen LogP contribution in [0.5, 0.6) is 0 Å². The van der Waals surface area contributed by atoms with Crippen LogP contribution in [-0.2, 0) is 13.0 Å². The molecule has 20 heavy (non-hydrogen) atoms. The van der Waals surface area contributed by atoms with Gasteiger partial charge in [0.15, 0.2) is 0 Å². The van der Waals surface area contributed by atoms with E-state index >= 15 is 0 Å². The van der Waals surface area contributed by atoms with Gasteiger partial charge in [-0.2, -0.15) is 0 Å². The van der Waals surface area contributed by atoms with Crippen molar-refractivity contribution in [1.82, 2.24) is 10.3 Å². The fraction of sp³-hybridized carbons (Fsp3) is 0.438. The van der Waals surface area contributed by atoms with Gasteiger partial charge in [0.05, 0.1) is 12.2 Å². The van der Waals surface area contributed by atoms with E-state index in [1.54, 1.807) is 6.20 Å². The first-order chi connectivity index (χ1) is 9.63. The minimum atomic E-state index is 0.125. The molecule has 1 unspecified atom stereocenters. The fourth-order valence-electron chi connectivity index (χ4n) is 2.66. The zero-order valence-electron chi connectivity index (χ0n) is 12.3. The van der Waals surface area contributed by atoms with Crippen LogP contribution in [0.1, 0.15) is 35.7 Å². The molecule has 106 valence electrons. The van der Waals surface area contributed by atoms with E-state index in [0.717, 1.165) is 31.2 Å². The van der Waals surface area contributed by atoms with Crippen LogP contribution in [0, 0.1) is 6.92 Å². The van der Waals surface area contributed by atoms with E-state index in [1.807, 2.05) is 6.92 Å². The summed E-state index contributed by atoms with van der Waals surface area (Å²) in [6, 6.07) is 6.85. The Morgan fingerprint density at radius 2 is 2.30 bits per heavy atom. The molecule has 0 saturated heterocycles. The third kappa shape index (κ3) is 2.56. The van der Waals surface area contributed by atoms with Crippen molar-refractivity contribution in [3.63, 3.8) is 0 Å². The maximum absolute atomic E-state index is 5.54. The molecule has 0 aliphatic carbocycles. The predicted octanol–water partition coefficient (Wildman–Crippen LogP) is 2.83. The monoisotopic (exact) mass is 271 g/mol. The number of benzene rings is 1. The number of nitrogens with zero attached hydrogens (tertiary/aromatic N) is 2. The van der Waals surface area contributed by atoms with Crippen LogP contribution < -0.4 is 10.2 Å². The van der Waals surface area contributed by atoms with Gasteiger partial charge in [0.25, 0.3) is 0 Å². The highest BCUT2D eigenvalue weighted by Gasteiger charge is 2.16. The second-order valence-electron chi connectivity index (χ2n) is 5.55. The van der Waals surface area contributed by atoms with Gasteiger partial charge in [-0.25, -0.2) is 4.98 Å². The van der Waals surface area contributed by atoms with Crippen molar-refractivity contribution in [2.24, 2.45) is 0 Å². The number of oxazole rings is 1. The van der Waals surface area contributed by atoms with E-state index in [1.165, 1.54) is 16.8 Å². The van der Waals surface area contributed by atoms with Gasteiger partial charge in [0, 0.05) is 25.8 Å². The SMILES string of the molecule is Cc1cnc(C(C)NCc2ccc3c(c2)CCN3C)o1. The Morgan fingerprint density at radius 3 is 3.05 bits per heavy atom. The molecule has 4 nitrogen and oxygen atoms in total. The molecule has 0 bridgehead atoms. The van der Waals surface area contributed by atoms with Crippen molar-refractivity contribution >= 4 is 5.69 Å². The summed E-state index contributed by atoms with van der Waals surface area (Å²) in [5, 5.41) is 3.46. The van der Waals surface area contributed by atoms with Crippen LogP contribution in [0.3, 0.4) is 0 Å². The van der Waals surface area contributed by atoms with E-state index < -0.39 is 0 Å². The third-order valence-electron chi connectivity index (χ3n) is 3.89. The van der Waals surface area contributed by atoms with Crippen molar-refractivity contribution < 1.29 is 4.42 Å². The van der Waals surface area contributed by atoms with Gasteiger partial charge in [-0.05, 0) is 37.5 Å². The van der Waals surface area contributed by atoms with Gasteiger partial charge in [0.2, 0.25) is 5.89 Å². The summed E-state index contributed by atoms with van der Waals surface area (Å²) < 4.78 is 5.54. The number of rotatable bonds is 4. The number of nitrogens with one attached hydrogen (secondary N) is 1. The number of likely N-dealkylation sites (N-methyl/N-ethyl adjacent to an activating group) is 1. The molecule has 0 spiro atoms. The average molecular weight is 271 g/mol. The van der Waals surface area contributed by atoms with Gasteiger partial charge in [-0.15, -0.1) is 0 Å². The van der Waals surface area contributed by atoms with Crippen LogP contribution in [0.15, 0.2) is 28.8 Å². The Kier molecular flexibility index (Phi) is 3.49. The van der Waals surface area contributed by atoms with Crippen molar-refractivity contribution in [2.75, 3.05) is 18.5 Å². The number of anilines is 1. The largest absolute Gasteiger partial charge is 0.444 e. The molecule has 1 N–H and O–H groups in total. The van der Waals surface area contributed by atoms with Gasteiger partial charge in [-0.3, -0.25) is 0 Å². The molecular formula is C16H21N3O. The summed E-state index contributed by atoms with van der Waals surface area (Å²) in [5.41, 5.74) is 4.13. The molecule has 0 radical (unpaired) electrons. The number of fused-ring (bicyclic) bond motifs is 1. The number of aromatic nitrogens is 1. The van der Waals surface area contributed by atoms with Crippen molar-refractivity contribution in [2.45, 2.75) is 32.9 Å². The maximum Gasteiger partial charge on any atom is 0.211 e. The van der Waals surface area contributed by atoms with E-state index in [0.29, 0.717) is 0 Å². The predicted molar refractivity (Wildman–Crippen MR) is 79.9 cm³/mol. The summed E-state index contributed by atoms with van der Waals surface area (Å²) in [4.78, 5) is 6.57. The van der Waals surface area contributed by atoms with Gasteiger partial charge in [0.1, 0.15) is 5.76 Å². The van der Waals surface area contributed by atoms with Crippen LogP contribution in [0.4, 0.5) is 5.69 Å². The molecule has 2 heterocycles. The summed E-state index contributed by atoms with van der Waals surface area (Å²) in [6.07, 6.45) is 2.91. The van der Waals surface area contributed by atoms with Crippen molar-refractivity contribution in [3.8, 4) is 0 Å². The van der Waals surface area contributed by atoms with Crippen molar-refractivity contribution in [3.05, 3.63) is 47.2 Å². The third-order valence-corrected chi connectivity index (χ3v) is 3.89. The summed E-state index contributed by atoms with van der Waals surface area (Å²) in [5.74, 6) is 1.61. The molecule has 4 heteroatoms. The van der Waals surface area contributed by atoms with Crippen LogP contribution >= 0.6 is 0 Å². The van der Waals surface area contributed by atoms with E-state index in [4.69, 9.17) is 4.42 Å². The van der Waals surface area contributed by atoms with E-state index in [2.05, 4.69) is 47.4 Å². The standard InChI is InChI=1S/C16H21N3O/c1-11-9-18-16(20-11)12(2)17-10-13-4-5-15-14(8-13)6-7-19(15)3/h4-5,8-9,12,17H,6-7,10H2,1-3H3. The van der Waals surface area contributed by atoms with Crippen molar-refractivity contribution in [1.29, 1.82) is 0 Å². The number of aryl methyl sites for hydroxylation is 1. The van der Waals surface area contributed by atoms with Crippen LogP contribution in [0.2, 0.25) is 0 Å². The smallest absolute Gasteiger partial charge is 0.211 e. The molecule has 1 aliphatic rings. The zero-order valence-corrected chi connectivity index (χ0v) is 12.3. The molecule has 1 aliphatic heterocycles. The Hall–Kier alpha value is -1.81. The molecule has 3 rings (SSSR count). The number of hydrogen-bond donors (Lipinski definition) is 1. The van der Waals surface area contributed by atoms with E-state index in [9.17, 15) is 0 Å². The second kappa shape index (κ2) is 5.29. The summed E-state index contributed by atoms with van der Waals surface area (Å²) >= 11 is 0. The lowest BCUT2D eigenvalue weighted by Gasteiger charge is -2.13. The second-order valence-corrected chi connectivity index (χ2v) is 5.55. The lowest BCUT2D eigenvalue weighted by Crippen LogP contribution is -2.18. The minimum Gasteiger partial charge on any atom is -0.444 e. The highest BCUT2D eigenvalue weighted by molar-refractivity contribution is 5.58. The fourth-order valence-corrected chi connectivity index (χ4v) is 2.66. The Morgan fingerprint density at radius 1 is 1.45 bits per heavy atom. The average Bonchev–Trinajstić information content (AvgIpc) is 3.03.